The Labute approximate surface area is 108 Å². The molecule has 1 aromatic carbocycles. The van der Waals surface area contributed by atoms with Gasteiger partial charge in [0.1, 0.15) is 0 Å². The second kappa shape index (κ2) is 6.50. The third kappa shape index (κ3) is 3.53. The summed E-state index contributed by atoms with van der Waals surface area (Å²) in [5.41, 5.74) is 1.06. The van der Waals surface area contributed by atoms with Gasteiger partial charge in [-0.2, -0.15) is 0 Å². The lowest BCUT2D eigenvalue weighted by Gasteiger charge is -2.14. The van der Waals surface area contributed by atoms with Crippen molar-refractivity contribution in [3.8, 4) is 11.5 Å². The van der Waals surface area contributed by atoms with E-state index in [0.29, 0.717) is 5.92 Å². The fourth-order valence-electron chi connectivity index (χ4n) is 1.91. The molecule has 0 amide bonds. The van der Waals surface area contributed by atoms with Crippen molar-refractivity contribution in [2.45, 2.75) is 13.3 Å². The van der Waals surface area contributed by atoms with Crippen LogP contribution in [-0.4, -0.2) is 33.5 Å². The summed E-state index contributed by atoms with van der Waals surface area (Å²) in [7, 11) is 1.73. The van der Waals surface area contributed by atoms with E-state index >= 15 is 0 Å². The molecule has 0 aromatic heterocycles. The average Bonchev–Trinajstić information content (AvgIpc) is 2.61. The first-order chi connectivity index (χ1) is 8.79. The summed E-state index contributed by atoms with van der Waals surface area (Å²) in [6, 6.07) is 5.98. The van der Waals surface area contributed by atoms with Crippen LogP contribution in [0.1, 0.15) is 13.3 Å². The van der Waals surface area contributed by atoms with Gasteiger partial charge in [-0.3, -0.25) is 0 Å². The third-order valence-electron chi connectivity index (χ3n) is 2.85. The molecule has 1 heterocycles. The van der Waals surface area contributed by atoms with Crippen molar-refractivity contribution in [2.24, 2.45) is 5.92 Å². The molecule has 18 heavy (non-hydrogen) atoms. The summed E-state index contributed by atoms with van der Waals surface area (Å²) in [6.45, 7) is 5.24. The largest absolute Gasteiger partial charge is 0.490 e. The molecular weight excluding hydrogens is 230 g/mol. The number of ether oxygens (including phenoxy) is 3. The van der Waals surface area contributed by atoms with E-state index in [4.69, 9.17) is 14.2 Å². The molecule has 0 bridgehead atoms. The lowest BCUT2D eigenvalue weighted by atomic mass is 10.2. The van der Waals surface area contributed by atoms with E-state index in [9.17, 15) is 0 Å². The Balaban J connectivity index is 1.95. The quantitative estimate of drug-likeness (QED) is 0.873. The number of hydrogen-bond donors (Lipinski definition) is 1. The number of methoxy groups -OCH3 is 1. The van der Waals surface area contributed by atoms with E-state index in [1.54, 1.807) is 7.11 Å². The summed E-state index contributed by atoms with van der Waals surface area (Å²) >= 11 is 0. The van der Waals surface area contributed by atoms with E-state index in [1.165, 1.54) is 0 Å². The summed E-state index contributed by atoms with van der Waals surface area (Å²) in [4.78, 5) is 0. The zero-order valence-electron chi connectivity index (χ0n) is 11.1. The standard InChI is InChI=1S/C14H21NO3/c1-11(10-16-2)9-15-12-4-5-13-14(8-12)18-7-3-6-17-13/h4-5,8,11,15H,3,6-7,9-10H2,1-2H3. The van der Waals surface area contributed by atoms with E-state index < -0.39 is 0 Å². The monoisotopic (exact) mass is 251 g/mol. The van der Waals surface area contributed by atoms with Crippen molar-refractivity contribution >= 4 is 5.69 Å². The second-order valence-electron chi connectivity index (χ2n) is 4.65. The summed E-state index contributed by atoms with van der Waals surface area (Å²) in [5.74, 6) is 2.14. The van der Waals surface area contributed by atoms with Gasteiger partial charge in [0, 0.05) is 31.8 Å². The molecule has 1 atom stereocenters. The molecule has 1 unspecified atom stereocenters. The van der Waals surface area contributed by atoms with E-state index in [0.717, 1.165) is 50.0 Å². The molecule has 1 aliphatic heterocycles. The molecule has 1 aliphatic rings. The van der Waals surface area contributed by atoms with Crippen LogP contribution in [0.25, 0.3) is 0 Å². The van der Waals surface area contributed by atoms with E-state index in [-0.39, 0.29) is 0 Å². The van der Waals surface area contributed by atoms with Crippen LogP contribution in [0.15, 0.2) is 18.2 Å². The zero-order chi connectivity index (χ0) is 12.8. The predicted octanol–water partition coefficient (Wildman–Crippen LogP) is 2.54. The van der Waals surface area contributed by atoms with Gasteiger partial charge in [0.2, 0.25) is 0 Å². The number of benzene rings is 1. The van der Waals surface area contributed by atoms with Crippen molar-refractivity contribution in [3.63, 3.8) is 0 Å². The molecule has 4 heteroatoms. The maximum absolute atomic E-state index is 5.65. The Kier molecular flexibility index (Phi) is 4.70. The molecule has 0 fully saturated rings. The van der Waals surface area contributed by atoms with Gasteiger partial charge < -0.3 is 19.5 Å². The number of anilines is 1. The Morgan fingerprint density at radius 1 is 1.28 bits per heavy atom. The van der Waals surface area contributed by atoms with Gasteiger partial charge in [-0.25, -0.2) is 0 Å². The molecule has 100 valence electrons. The summed E-state index contributed by atoms with van der Waals surface area (Å²) in [6.07, 6.45) is 0.933. The van der Waals surface area contributed by atoms with E-state index in [1.807, 2.05) is 18.2 Å². The number of fused-ring (bicyclic) bond motifs is 1. The van der Waals surface area contributed by atoms with Gasteiger partial charge >= 0.3 is 0 Å². The minimum absolute atomic E-state index is 0.478. The maximum Gasteiger partial charge on any atom is 0.163 e. The predicted molar refractivity (Wildman–Crippen MR) is 71.6 cm³/mol. The highest BCUT2D eigenvalue weighted by Crippen LogP contribution is 2.32. The second-order valence-corrected chi connectivity index (χ2v) is 4.65. The Hall–Kier alpha value is -1.42. The Morgan fingerprint density at radius 3 is 2.83 bits per heavy atom. The third-order valence-corrected chi connectivity index (χ3v) is 2.85. The molecule has 4 nitrogen and oxygen atoms in total. The minimum Gasteiger partial charge on any atom is -0.490 e. The topological polar surface area (TPSA) is 39.7 Å². The molecule has 2 rings (SSSR count). The van der Waals surface area contributed by atoms with Gasteiger partial charge in [-0.1, -0.05) is 6.92 Å². The van der Waals surface area contributed by atoms with Crippen molar-refractivity contribution < 1.29 is 14.2 Å². The van der Waals surface area contributed by atoms with Crippen molar-refractivity contribution in [2.75, 3.05) is 38.8 Å². The Morgan fingerprint density at radius 2 is 2.06 bits per heavy atom. The zero-order valence-corrected chi connectivity index (χ0v) is 11.1. The van der Waals surface area contributed by atoms with E-state index in [2.05, 4.69) is 12.2 Å². The smallest absolute Gasteiger partial charge is 0.163 e. The fourth-order valence-corrected chi connectivity index (χ4v) is 1.91. The molecule has 0 radical (unpaired) electrons. The minimum atomic E-state index is 0.478. The van der Waals surface area contributed by atoms with Crippen LogP contribution in [0.2, 0.25) is 0 Å². The van der Waals surface area contributed by atoms with Gasteiger partial charge in [0.25, 0.3) is 0 Å². The first-order valence-electron chi connectivity index (χ1n) is 6.42. The van der Waals surface area contributed by atoms with Crippen LogP contribution in [0, 0.1) is 5.92 Å². The van der Waals surface area contributed by atoms with Crippen LogP contribution >= 0.6 is 0 Å². The molecule has 1 aromatic rings. The molecule has 0 aliphatic carbocycles. The normalized spacial score (nSPS) is 15.9. The molecule has 0 spiro atoms. The first kappa shape index (κ1) is 13.0. The molecule has 0 saturated heterocycles. The highest BCUT2D eigenvalue weighted by Gasteiger charge is 2.10. The van der Waals surface area contributed by atoms with Gasteiger partial charge in [0.15, 0.2) is 11.5 Å². The molecule has 0 saturated carbocycles. The molecule has 1 N–H and O–H groups in total. The lowest BCUT2D eigenvalue weighted by Crippen LogP contribution is -2.15. The van der Waals surface area contributed by atoms with Crippen LogP contribution in [0.4, 0.5) is 5.69 Å². The lowest BCUT2D eigenvalue weighted by molar-refractivity contribution is 0.164. The summed E-state index contributed by atoms with van der Waals surface area (Å²) in [5, 5.41) is 3.38. The average molecular weight is 251 g/mol. The van der Waals surface area contributed by atoms with Gasteiger partial charge in [-0.15, -0.1) is 0 Å². The van der Waals surface area contributed by atoms with Crippen LogP contribution in [0.5, 0.6) is 11.5 Å². The van der Waals surface area contributed by atoms with Crippen LogP contribution < -0.4 is 14.8 Å². The molecular formula is C14H21NO3. The Bertz CT molecular complexity index is 381. The first-order valence-corrected chi connectivity index (χ1v) is 6.42. The van der Waals surface area contributed by atoms with Crippen LogP contribution in [0.3, 0.4) is 0 Å². The van der Waals surface area contributed by atoms with Crippen molar-refractivity contribution in [1.82, 2.24) is 0 Å². The van der Waals surface area contributed by atoms with Crippen molar-refractivity contribution in [1.29, 1.82) is 0 Å². The number of hydrogen-bond acceptors (Lipinski definition) is 4. The maximum atomic E-state index is 5.65. The SMILES string of the molecule is COCC(C)CNc1ccc2c(c1)OCCCO2. The number of nitrogens with one attached hydrogen (secondary N) is 1. The van der Waals surface area contributed by atoms with Crippen LogP contribution in [-0.2, 0) is 4.74 Å². The van der Waals surface area contributed by atoms with Gasteiger partial charge in [-0.05, 0) is 18.1 Å². The number of rotatable bonds is 5. The fraction of sp³-hybridized carbons (Fsp3) is 0.571. The highest BCUT2D eigenvalue weighted by atomic mass is 16.5. The highest BCUT2D eigenvalue weighted by molar-refractivity contribution is 5.55. The van der Waals surface area contributed by atoms with Gasteiger partial charge in [0.05, 0.1) is 19.8 Å². The summed E-state index contributed by atoms with van der Waals surface area (Å²) < 4.78 is 16.4. The van der Waals surface area contributed by atoms with Crippen molar-refractivity contribution in [3.05, 3.63) is 18.2 Å².